The van der Waals surface area contributed by atoms with Crippen LogP contribution in [0.4, 0.5) is 5.69 Å². The lowest BCUT2D eigenvalue weighted by atomic mass is 9.95. The molecular formula is C22H24N4O4S. The zero-order valence-electron chi connectivity index (χ0n) is 17.3. The lowest BCUT2D eigenvalue weighted by molar-refractivity contribution is -0.119. The maximum Gasteiger partial charge on any atom is 0.250 e. The molecule has 31 heavy (non-hydrogen) atoms. The summed E-state index contributed by atoms with van der Waals surface area (Å²) in [5.74, 6) is -0.275. The minimum atomic E-state index is -3.35. The minimum absolute atomic E-state index is 0.0504. The first-order valence-electron chi connectivity index (χ1n) is 10.4. The molecule has 0 unspecified atom stereocenters. The monoisotopic (exact) mass is 440 g/mol. The number of benzene rings is 1. The molecule has 1 amide bonds. The van der Waals surface area contributed by atoms with Crippen molar-refractivity contribution in [2.75, 3.05) is 4.72 Å². The highest BCUT2D eigenvalue weighted by Crippen LogP contribution is 2.36. The summed E-state index contributed by atoms with van der Waals surface area (Å²) >= 11 is 0. The molecule has 2 heterocycles. The Morgan fingerprint density at radius 1 is 1.13 bits per heavy atom. The van der Waals surface area contributed by atoms with E-state index in [0.29, 0.717) is 24.2 Å². The van der Waals surface area contributed by atoms with Gasteiger partial charge in [0, 0.05) is 17.5 Å². The first kappa shape index (κ1) is 19.9. The van der Waals surface area contributed by atoms with Crippen molar-refractivity contribution in [3.8, 4) is 11.1 Å². The lowest BCUT2D eigenvalue weighted by Gasteiger charge is -2.16. The van der Waals surface area contributed by atoms with Gasteiger partial charge in [-0.1, -0.05) is 6.07 Å². The Kier molecular flexibility index (Phi) is 4.47. The van der Waals surface area contributed by atoms with Crippen molar-refractivity contribution >= 4 is 32.7 Å². The van der Waals surface area contributed by atoms with Crippen LogP contribution < -0.4 is 10.2 Å². The number of pyridine rings is 1. The fourth-order valence-electron chi connectivity index (χ4n) is 3.81. The quantitative estimate of drug-likeness (QED) is 0.528. The van der Waals surface area contributed by atoms with E-state index in [0.717, 1.165) is 45.2 Å². The second kappa shape index (κ2) is 6.98. The lowest BCUT2D eigenvalue weighted by Crippen LogP contribution is -2.22. The Morgan fingerprint density at radius 2 is 1.87 bits per heavy atom. The van der Waals surface area contributed by atoms with Crippen molar-refractivity contribution in [2.45, 2.75) is 44.8 Å². The summed E-state index contributed by atoms with van der Waals surface area (Å²) in [5, 5.41) is 11.1. The molecule has 2 aliphatic carbocycles. The summed E-state index contributed by atoms with van der Waals surface area (Å²) in [4.78, 5) is 19.4. The molecule has 2 aliphatic rings. The maximum absolute atomic E-state index is 12.4. The van der Waals surface area contributed by atoms with Crippen LogP contribution in [0.2, 0.25) is 0 Å². The van der Waals surface area contributed by atoms with Gasteiger partial charge >= 0.3 is 0 Å². The highest BCUT2D eigenvalue weighted by molar-refractivity contribution is 7.93. The number of rotatable bonds is 5. The second-order valence-electron chi connectivity index (χ2n) is 8.45. The van der Waals surface area contributed by atoms with Crippen molar-refractivity contribution in [3.05, 3.63) is 47.1 Å². The average Bonchev–Trinajstić information content (AvgIpc) is 3.64. The van der Waals surface area contributed by atoms with Crippen LogP contribution in [0.25, 0.3) is 22.2 Å². The number of sulfonamides is 1. The fraction of sp³-hybridized carbons (Fsp3) is 0.364. The Labute approximate surface area is 179 Å². The van der Waals surface area contributed by atoms with E-state index in [2.05, 4.69) is 14.7 Å². The second-order valence-corrected chi connectivity index (χ2v) is 10.4. The number of carbonyl (C=O) groups is 1. The van der Waals surface area contributed by atoms with Gasteiger partial charge in [-0.05, 0) is 80.0 Å². The number of H-pyrrole nitrogens is 1. The highest BCUT2D eigenvalue weighted by atomic mass is 32.2. The zero-order chi connectivity index (χ0) is 21.9. The molecule has 0 radical (unpaired) electrons. The van der Waals surface area contributed by atoms with E-state index in [9.17, 15) is 18.4 Å². The number of amides is 1. The predicted octanol–water partition coefficient (Wildman–Crippen LogP) is 3.23. The van der Waals surface area contributed by atoms with Gasteiger partial charge in [0.1, 0.15) is 0 Å². The SMILES string of the molecule is Cc1c(NS(=O)(=O)C2CC2)ccc(-c2cc(=NC(=O)C3CC3)n(O)c3[nH]ccc23)c1C. The van der Waals surface area contributed by atoms with Crippen LogP contribution in [0.5, 0.6) is 0 Å². The Hall–Kier alpha value is -3.07. The van der Waals surface area contributed by atoms with Crippen molar-refractivity contribution in [3.63, 3.8) is 0 Å². The smallest absolute Gasteiger partial charge is 0.250 e. The number of carbonyl (C=O) groups excluding carboxylic acids is 1. The summed E-state index contributed by atoms with van der Waals surface area (Å²) in [6.07, 6.45) is 4.79. The zero-order valence-corrected chi connectivity index (χ0v) is 18.2. The van der Waals surface area contributed by atoms with E-state index in [1.165, 1.54) is 0 Å². The maximum atomic E-state index is 12.4. The van der Waals surface area contributed by atoms with Crippen LogP contribution in [-0.2, 0) is 14.8 Å². The number of aromatic nitrogens is 2. The molecule has 2 fully saturated rings. The molecule has 162 valence electrons. The number of aromatic amines is 1. The number of hydrogen-bond donors (Lipinski definition) is 3. The van der Waals surface area contributed by atoms with Gasteiger partial charge in [0.2, 0.25) is 10.0 Å². The van der Waals surface area contributed by atoms with Crippen LogP contribution in [0.3, 0.4) is 0 Å². The molecule has 8 nitrogen and oxygen atoms in total. The molecule has 2 aromatic heterocycles. The number of anilines is 1. The van der Waals surface area contributed by atoms with Crippen LogP contribution in [0.1, 0.15) is 36.8 Å². The van der Waals surface area contributed by atoms with E-state index in [1.807, 2.05) is 26.0 Å². The van der Waals surface area contributed by atoms with Gasteiger partial charge in [0.25, 0.3) is 5.91 Å². The van der Waals surface area contributed by atoms with E-state index in [-0.39, 0.29) is 22.6 Å². The van der Waals surface area contributed by atoms with Crippen molar-refractivity contribution in [1.82, 2.24) is 9.71 Å². The van der Waals surface area contributed by atoms with Gasteiger partial charge in [0.05, 0.1) is 10.9 Å². The van der Waals surface area contributed by atoms with E-state index >= 15 is 0 Å². The molecule has 0 atom stereocenters. The van der Waals surface area contributed by atoms with Crippen LogP contribution in [0.15, 0.2) is 35.5 Å². The molecule has 2 saturated carbocycles. The molecule has 3 N–H and O–H groups in total. The summed E-state index contributed by atoms with van der Waals surface area (Å²) in [7, 11) is -3.35. The first-order valence-corrected chi connectivity index (χ1v) is 11.9. The predicted molar refractivity (Wildman–Crippen MR) is 117 cm³/mol. The molecular weight excluding hydrogens is 416 g/mol. The van der Waals surface area contributed by atoms with Crippen molar-refractivity contribution in [1.29, 1.82) is 0 Å². The third-order valence-electron chi connectivity index (χ3n) is 6.16. The van der Waals surface area contributed by atoms with Gasteiger partial charge in [-0.2, -0.15) is 9.72 Å². The van der Waals surface area contributed by atoms with Crippen LogP contribution in [0, 0.1) is 19.8 Å². The third-order valence-corrected chi connectivity index (χ3v) is 8.02. The van der Waals surface area contributed by atoms with E-state index < -0.39 is 10.0 Å². The Balaban J connectivity index is 1.64. The first-order chi connectivity index (χ1) is 14.8. The molecule has 3 aromatic rings. The van der Waals surface area contributed by atoms with E-state index in [4.69, 9.17) is 0 Å². The van der Waals surface area contributed by atoms with Crippen LogP contribution in [-0.4, -0.2) is 34.5 Å². The number of nitrogens with one attached hydrogen (secondary N) is 2. The molecule has 0 aliphatic heterocycles. The molecule has 0 spiro atoms. The van der Waals surface area contributed by atoms with Crippen molar-refractivity contribution in [2.24, 2.45) is 10.9 Å². The fourth-order valence-corrected chi connectivity index (χ4v) is 5.26. The Morgan fingerprint density at radius 3 is 2.55 bits per heavy atom. The van der Waals surface area contributed by atoms with Crippen molar-refractivity contribution < 1.29 is 18.4 Å². The summed E-state index contributed by atoms with van der Waals surface area (Å²) in [6, 6.07) is 7.18. The normalized spacial score (nSPS) is 17.3. The highest BCUT2D eigenvalue weighted by Gasteiger charge is 2.36. The summed E-state index contributed by atoms with van der Waals surface area (Å²) in [5.41, 5.74) is 4.61. The average molecular weight is 441 g/mol. The van der Waals surface area contributed by atoms with Crippen LogP contribution >= 0.6 is 0 Å². The largest absolute Gasteiger partial charge is 0.425 e. The van der Waals surface area contributed by atoms with Gasteiger partial charge in [-0.15, -0.1) is 0 Å². The molecule has 0 saturated heterocycles. The Bertz CT molecular complexity index is 1390. The van der Waals surface area contributed by atoms with Gasteiger partial charge in [0.15, 0.2) is 11.1 Å². The molecule has 5 rings (SSSR count). The summed E-state index contributed by atoms with van der Waals surface area (Å²) in [6.45, 7) is 3.82. The number of fused-ring (bicyclic) bond motifs is 1. The third kappa shape index (κ3) is 3.52. The number of hydrogen-bond acceptors (Lipinski definition) is 4. The summed E-state index contributed by atoms with van der Waals surface area (Å²) < 4.78 is 28.4. The molecule has 9 heteroatoms. The van der Waals surface area contributed by atoms with Gasteiger partial charge in [-0.25, -0.2) is 8.42 Å². The topological polar surface area (TPSA) is 117 Å². The number of nitrogens with zero attached hydrogens (tertiary/aromatic N) is 2. The van der Waals surface area contributed by atoms with Gasteiger partial charge in [-0.3, -0.25) is 9.52 Å². The van der Waals surface area contributed by atoms with E-state index in [1.54, 1.807) is 18.3 Å². The molecule has 1 aromatic carbocycles. The van der Waals surface area contributed by atoms with Gasteiger partial charge < -0.3 is 10.2 Å². The minimum Gasteiger partial charge on any atom is -0.425 e. The molecule has 0 bridgehead atoms. The standard InChI is InChI=1S/C22H24N4O4S/c1-12-13(2)19(25-31(29,30)15-5-6-15)8-7-16(12)18-11-20(24-22(27)14-3-4-14)26(28)21-17(18)9-10-23-21/h7-11,14-15,23,25,28H,3-6H2,1-2H3.